The predicted molar refractivity (Wildman–Crippen MR) is 75.4 cm³/mol. The van der Waals surface area contributed by atoms with Gasteiger partial charge in [-0.2, -0.15) is 5.10 Å². The molecule has 6 heteroatoms. The summed E-state index contributed by atoms with van der Waals surface area (Å²) in [5, 5.41) is 9.36. The van der Waals surface area contributed by atoms with Gasteiger partial charge in [0, 0.05) is 17.4 Å². The molecule has 0 bridgehead atoms. The molecule has 0 radical (unpaired) electrons. The number of aromatic nitrogens is 2. The highest BCUT2D eigenvalue weighted by Gasteiger charge is 2.12. The number of H-pyrrole nitrogens is 1. The molecule has 0 saturated carbocycles. The zero-order chi connectivity index (χ0) is 14.5. The minimum Gasteiger partial charge on any atom is -0.493 e. The summed E-state index contributed by atoms with van der Waals surface area (Å²) >= 11 is 0. The smallest absolute Gasteiger partial charge is 0.259 e. The first-order chi connectivity index (χ1) is 9.65. The van der Waals surface area contributed by atoms with Crippen molar-refractivity contribution in [2.45, 2.75) is 13.8 Å². The average Bonchev–Trinajstić information content (AvgIpc) is 2.86. The molecule has 0 aliphatic heterocycles. The van der Waals surface area contributed by atoms with Gasteiger partial charge in [0.2, 0.25) is 0 Å². The van der Waals surface area contributed by atoms with E-state index in [1.807, 2.05) is 6.92 Å². The van der Waals surface area contributed by atoms with E-state index in [1.165, 1.54) is 6.20 Å². The molecule has 2 rings (SSSR count). The van der Waals surface area contributed by atoms with Crippen LogP contribution in [-0.2, 0) is 0 Å². The van der Waals surface area contributed by atoms with Crippen LogP contribution in [0.4, 0.5) is 5.69 Å². The second-order valence-electron chi connectivity index (χ2n) is 4.16. The quantitative estimate of drug-likeness (QED) is 0.878. The molecule has 0 atom stereocenters. The number of benzene rings is 1. The van der Waals surface area contributed by atoms with E-state index >= 15 is 0 Å². The number of nitrogens with zero attached hydrogens (tertiary/aromatic N) is 1. The monoisotopic (exact) mass is 275 g/mol. The molecule has 0 aliphatic carbocycles. The lowest BCUT2D eigenvalue weighted by atomic mass is 10.2. The fourth-order valence-corrected chi connectivity index (χ4v) is 1.80. The van der Waals surface area contributed by atoms with Gasteiger partial charge in [-0.3, -0.25) is 9.89 Å². The van der Waals surface area contributed by atoms with Crippen molar-refractivity contribution in [2.24, 2.45) is 0 Å². The van der Waals surface area contributed by atoms with Gasteiger partial charge in [0.25, 0.3) is 5.91 Å². The van der Waals surface area contributed by atoms with E-state index in [1.54, 1.807) is 32.2 Å². The number of methoxy groups -OCH3 is 1. The summed E-state index contributed by atoms with van der Waals surface area (Å²) in [5.74, 6) is 1.00. The number of aryl methyl sites for hydroxylation is 1. The fourth-order valence-electron chi connectivity index (χ4n) is 1.80. The maximum atomic E-state index is 12.1. The Bertz CT molecular complexity index is 607. The zero-order valence-corrected chi connectivity index (χ0v) is 11.7. The number of anilines is 1. The second-order valence-corrected chi connectivity index (χ2v) is 4.16. The van der Waals surface area contributed by atoms with Gasteiger partial charge in [-0.25, -0.2) is 0 Å². The van der Waals surface area contributed by atoms with E-state index in [-0.39, 0.29) is 5.91 Å². The Morgan fingerprint density at radius 2 is 2.20 bits per heavy atom. The largest absolute Gasteiger partial charge is 0.493 e. The number of nitrogens with one attached hydrogen (secondary N) is 2. The minimum atomic E-state index is -0.219. The van der Waals surface area contributed by atoms with Crippen LogP contribution in [0.1, 0.15) is 23.0 Å². The van der Waals surface area contributed by atoms with Crippen molar-refractivity contribution in [3.8, 4) is 11.5 Å². The van der Waals surface area contributed by atoms with Gasteiger partial charge in [0.1, 0.15) is 0 Å². The summed E-state index contributed by atoms with van der Waals surface area (Å²) in [6, 6.07) is 5.24. The molecule has 0 aliphatic rings. The Hall–Kier alpha value is -2.50. The number of rotatable bonds is 5. The molecule has 20 heavy (non-hydrogen) atoms. The van der Waals surface area contributed by atoms with Gasteiger partial charge in [-0.1, -0.05) is 0 Å². The van der Waals surface area contributed by atoms with Crippen LogP contribution in [0.3, 0.4) is 0 Å². The Morgan fingerprint density at radius 1 is 1.40 bits per heavy atom. The first-order valence-corrected chi connectivity index (χ1v) is 6.27. The molecular formula is C14H17N3O3. The predicted octanol–water partition coefficient (Wildman–Crippen LogP) is 2.38. The molecule has 2 aromatic rings. The Kier molecular flexibility index (Phi) is 4.24. The Morgan fingerprint density at radius 3 is 2.80 bits per heavy atom. The number of aromatic amines is 1. The summed E-state index contributed by atoms with van der Waals surface area (Å²) in [4.78, 5) is 12.1. The van der Waals surface area contributed by atoms with Crippen LogP contribution >= 0.6 is 0 Å². The Balaban J connectivity index is 2.19. The third kappa shape index (κ3) is 2.90. The van der Waals surface area contributed by atoms with Crippen LogP contribution in [0, 0.1) is 6.92 Å². The third-order valence-electron chi connectivity index (χ3n) is 2.80. The average molecular weight is 275 g/mol. The van der Waals surface area contributed by atoms with Crippen LogP contribution < -0.4 is 14.8 Å². The molecular weight excluding hydrogens is 258 g/mol. The number of hydrogen-bond donors (Lipinski definition) is 2. The highest BCUT2D eigenvalue weighted by Crippen LogP contribution is 2.30. The summed E-state index contributed by atoms with van der Waals surface area (Å²) in [5.41, 5.74) is 1.87. The van der Waals surface area contributed by atoms with Crippen LogP contribution in [0.25, 0.3) is 0 Å². The van der Waals surface area contributed by atoms with Crippen molar-refractivity contribution < 1.29 is 14.3 Å². The van der Waals surface area contributed by atoms with Gasteiger partial charge < -0.3 is 14.8 Å². The summed E-state index contributed by atoms with van der Waals surface area (Å²) in [6.07, 6.45) is 1.50. The number of ether oxygens (including phenoxy) is 2. The van der Waals surface area contributed by atoms with Gasteiger partial charge in [-0.05, 0) is 26.0 Å². The van der Waals surface area contributed by atoms with Crippen molar-refractivity contribution in [2.75, 3.05) is 19.0 Å². The van der Waals surface area contributed by atoms with Crippen molar-refractivity contribution >= 4 is 11.6 Å². The van der Waals surface area contributed by atoms with Gasteiger partial charge >= 0.3 is 0 Å². The van der Waals surface area contributed by atoms with E-state index in [0.717, 1.165) is 5.69 Å². The molecule has 106 valence electrons. The summed E-state index contributed by atoms with van der Waals surface area (Å²) in [7, 11) is 1.57. The standard InChI is InChI=1S/C14H17N3O3/c1-4-20-13-7-10(5-6-12(13)19-3)16-14(18)11-8-15-17-9(11)2/h5-8H,4H2,1-3H3,(H,15,17)(H,16,18). The SMILES string of the molecule is CCOc1cc(NC(=O)c2cn[nH]c2C)ccc1OC. The van der Waals surface area contributed by atoms with Crippen LogP contribution in [0.5, 0.6) is 11.5 Å². The van der Waals surface area contributed by atoms with Crippen LogP contribution in [-0.4, -0.2) is 29.8 Å². The maximum absolute atomic E-state index is 12.1. The van der Waals surface area contributed by atoms with Crippen molar-refractivity contribution in [1.29, 1.82) is 0 Å². The molecule has 0 saturated heterocycles. The highest BCUT2D eigenvalue weighted by molar-refractivity contribution is 6.04. The molecule has 6 nitrogen and oxygen atoms in total. The molecule has 0 fully saturated rings. The van der Waals surface area contributed by atoms with Gasteiger partial charge in [-0.15, -0.1) is 0 Å². The lowest BCUT2D eigenvalue weighted by Crippen LogP contribution is -2.12. The van der Waals surface area contributed by atoms with Crippen LogP contribution in [0.2, 0.25) is 0 Å². The lowest BCUT2D eigenvalue weighted by Gasteiger charge is -2.11. The number of carbonyl (C=O) groups is 1. The topological polar surface area (TPSA) is 76.2 Å². The third-order valence-corrected chi connectivity index (χ3v) is 2.80. The molecule has 0 unspecified atom stereocenters. The Labute approximate surface area is 117 Å². The molecule has 2 N–H and O–H groups in total. The molecule has 1 amide bonds. The van der Waals surface area contributed by atoms with Crippen molar-refractivity contribution in [1.82, 2.24) is 10.2 Å². The summed E-state index contributed by atoms with van der Waals surface area (Å²) in [6.45, 7) is 4.20. The van der Waals surface area contributed by atoms with Crippen molar-refractivity contribution in [3.63, 3.8) is 0 Å². The van der Waals surface area contributed by atoms with Gasteiger partial charge in [0.15, 0.2) is 11.5 Å². The van der Waals surface area contributed by atoms with E-state index in [0.29, 0.717) is 29.4 Å². The molecule has 1 aromatic carbocycles. The lowest BCUT2D eigenvalue weighted by molar-refractivity contribution is 0.102. The van der Waals surface area contributed by atoms with E-state index in [9.17, 15) is 4.79 Å². The minimum absolute atomic E-state index is 0.219. The van der Waals surface area contributed by atoms with E-state index in [4.69, 9.17) is 9.47 Å². The fraction of sp³-hybridized carbons (Fsp3) is 0.286. The van der Waals surface area contributed by atoms with Crippen LogP contribution in [0.15, 0.2) is 24.4 Å². The number of amides is 1. The highest BCUT2D eigenvalue weighted by atomic mass is 16.5. The van der Waals surface area contributed by atoms with E-state index < -0.39 is 0 Å². The molecule has 0 spiro atoms. The maximum Gasteiger partial charge on any atom is 0.259 e. The van der Waals surface area contributed by atoms with Gasteiger partial charge in [0.05, 0.1) is 25.5 Å². The molecule has 1 aromatic heterocycles. The normalized spacial score (nSPS) is 10.2. The van der Waals surface area contributed by atoms with E-state index in [2.05, 4.69) is 15.5 Å². The second kappa shape index (κ2) is 6.10. The summed E-state index contributed by atoms with van der Waals surface area (Å²) < 4.78 is 10.7. The zero-order valence-electron chi connectivity index (χ0n) is 11.7. The first kappa shape index (κ1) is 13.9. The van der Waals surface area contributed by atoms with Crippen molar-refractivity contribution in [3.05, 3.63) is 35.7 Å². The number of carbonyl (C=O) groups excluding carboxylic acids is 1. The molecule has 1 heterocycles. The first-order valence-electron chi connectivity index (χ1n) is 6.27. The number of hydrogen-bond acceptors (Lipinski definition) is 4.